The number of hydrogen-bond donors (Lipinski definition) is 0. The van der Waals surface area contributed by atoms with Gasteiger partial charge >= 0.3 is 0 Å². The lowest BCUT2D eigenvalue weighted by molar-refractivity contribution is 1.18. The van der Waals surface area contributed by atoms with Gasteiger partial charge in [0.1, 0.15) is 0 Å². The van der Waals surface area contributed by atoms with E-state index in [9.17, 15) is 0 Å². The average molecular weight is 131 g/mol. The van der Waals surface area contributed by atoms with Crippen LogP contribution < -0.4 is 0 Å². The molecule has 3 radical (unpaired) electrons. The first kappa shape index (κ1) is 9.61. The maximum atomic E-state index is 5.23. The Morgan fingerprint density at radius 2 is 2.00 bits per heavy atom. The van der Waals surface area contributed by atoms with Crippen LogP contribution in [0.4, 0.5) is 0 Å². The van der Waals surface area contributed by atoms with Crippen LogP contribution >= 0.6 is 0 Å². The Morgan fingerprint density at radius 1 is 1.40 bits per heavy atom. The van der Waals surface area contributed by atoms with E-state index in [1.54, 1.807) is 7.17 Å². The summed E-state index contributed by atoms with van der Waals surface area (Å²) in [6.07, 6.45) is 3.27. The fourth-order valence-corrected chi connectivity index (χ4v) is 0.743. The second-order valence-corrected chi connectivity index (χ2v) is 2.34. The molecule has 51 valence electrons. The minimum atomic E-state index is 1.08. The van der Waals surface area contributed by atoms with E-state index in [-0.39, 0.29) is 0 Å². The van der Waals surface area contributed by atoms with Crippen molar-refractivity contribution in [1.82, 2.24) is 0 Å². The van der Waals surface area contributed by atoms with E-state index in [0.29, 0.717) is 0 Å². The molecule has 0 saturated carbocycles. The SMILES string of the molecule is [B][B]/C=C(C)/C(C)=C/CC. The molecule has 0 amide bonds. The van der Waals surface area contributed by atoms with Crippen molar-refractivity contribution in [2.45, 2.75) is 27.2 Å². The van der Waals surface area contributed by atoms with Gasteiger partial charge in [0, 0.05) is 7.74 Å². The van der Waals surface area contributed by atoms with Crippen molar-refractivity contribution in [3.05, 3.63) is 23.2 Å². The highest BCUT2D eigenvalue weighted by molar-refractivity contribution is 6.92. The highest BCUT2D eigenvalue weighted by Crippen LogP contribution is 2.07. The van der Waals surface area contributed by atoms with Crippen LogP contribution in [-0.4, -0.2) is 14.9 Å². The lowest BCUT2D eigenvalue weighted by atomic mass is 9.55. The monoisotopic (exact) mass is 131 g/mol. The van der Waals surface area contributed by atoms with E-state index in [1.807, 2.05) is 5.98 Å². The van der Waals surface area contributed by atoms with Crippen LogP contribution in [-0.2, 0) is 0 Å². The van der Waals surface area contributed by atoms with Crippen molar-refractivity contribution in [2.75, 3.05) is 0 Å². The molecular formula is C8H13B2. The van der Waals surface area contributed by atoms with Gasteiger partial charge < -0.3 is 0 Å². The summed E-state index contributed by atoms with van der Waals surface area (Å²) < 4.78 is 0. The average Bonchev–Trinajstić information content (AvgIpc) is 1.89. The molecule has 0 aromatic rings. The van der Waals surface area contributed by atoms with Gasteiger partial charge in [0.15, 0.2) is 0 Å². The predicted molar refractivity (Wildman–Crippen MR) is 49.3 cm³/mol. The number of rotatable bonds is 3. The summed E-state index contributed by atoms with van der Waals surface area (Å²) in [5.41, 5.74) is 2.55. The summed E-state index contributed by atoms with van der Waals surface area (Å²) in [4.78, 5) is 0. The second-order valence-electron chi connectivity index (χ2n) is 2.34. The number of allylic oxidation sites excluding steroid dienone is 3. The van der Waals surface area contributed by atoms with Crippen LogP contribution in [0.25, 0.3) is 0 Å². The van der Waals surface area contributed by atoms with Crippen molar-refractivity contribution >= 4 is 14.9 Å². The van der Waals surface area contributed by atoms with Gasteiger partial charge in [0.2, 0.25) is 0 Å². The first-order valence-electron chi connectivity index (χ1n) is 3.61. The van der Waals surface area contributed by atoms with Crippen LogP contribution in [0.1, 0.15) is 27.2 Å². The molecule has 0 heterocycles. The maximum Gasteiger partial charge on any atom is 0.0859 e. The lowest BCUT2D eigenvalue weighted by Crippen LogP contribution is -1.86. The predicted octanol–water partition coefficient (Wildman–Crippen LogP) is 2.03. The third-order valence-corrected chi connectivity index (χ3v) is 1.48. The molecule has 0 aliphatic carbocycles. The third-order valence-electron chi connectivity index (χ3n) is 1.48. The Bertz CT molecular complexity index is 127. The first-order valence-corrected chi connectivity index (χ1v) is 3.61. The Hall–Kier alpha value is -0.390. The lowest BCUT2D eigenvalue weighted by Gasteiger charge is -1.98. The molecule has 0 aromatic heterocycles. The van der Waals surface area contributed by atoms with Crippen molar-refractivity contribution in [2.24, 2.45) is 0 Å². The fourth-order valence-electron chi connectivity index (χ4n) is 0.743. The highest BCUT2D eigenvalue weighted by Gasteiger charge is 1.88. The first-order chi connectivity index (χ1) is 4.72. The van der Waals surface area contributed by atoms with Crippen LogP contribution in [0, 0.1) is 0 Å². The third kappa shape index (κ3) is 3.60. The molecule has 0 nitrogen and oxygen atoms in total. The molecule has 0 bridgehead atoms. The maximum absolute atomic E-state index is 5.23. The van der Waals surface area contributed by atoms with Gasteiger partial charge in [-0.05, 0) is 20.3 Å². The van der Waals surface area contributed by atoms with Crippen LogP contribution in [0.2, 0.25) is 0 Å². The standard InChI is InChI=1S/C8H13B2/c1-4-5-7(2)8(3)6-10-9/h5-6H,4H2,1-3H3/b7-5+,8-6+. The largest absolute Gasteiger partial charge is 0.130 e. The van der Waals surface area contributed by atoms with Crippen molar-refractivity contribution in [3.63, 3.8) is 0 Å². The van der Waals surface area contributed by atoms with Gasteiger partial charge in [-0.1, -0.05) is 24.1 Å². The van der Waals surface area contributed by atoms with Crippen molar-refractivity contribution in [3.8, 4) is 0 Å². The van der Waals surface area contributed by atoms with Gasteiger partial charge in [-0.2, -0.15) is 0 Å². The Labute approximate surface area is 66.0 Å². The Balaban J connectivity index is 4.06. The summed E-state index contributed by atoms with van der Waals surface area (Å²) in [6, 6.07) is 0. The van der Waals surface area contributed by atoms with E-state index < -0.39 is 0 Å². The molecular weight excluding hydrogens is 118 g/mol. The summed E-state index contributed by atoms with van der Waals surface area (Å²) in [5.74, 6) is 1.92. The van der Waals surface area contributed by atoms with E-state index in [1.165, 1.54) is 11.1 Å². The van der Waals surface area contributed by atoms with Crippen LogP contribution in [0.3, 0.4) is 0 Å². The minimum Gasteiger partial charge on any atom is -0.130 e. The van der Waals surface area contributed by atoms with Gasteiger partial charge in [0.05, 0.1) is 7.17 Å². The fraction of sp³-hybridized carbons (Fsp3) is 0.500. The molecule has 0 N–H and O–H groups in total. The van der Waals surface area contributed by atoms with Crippen LogP contribution in [0.15, 0.2) is 23.2 Å². The minimum absolute atomic E-state index is 1.08. The van der Waals surface area contributed by atoms with Gasteiger partial charge in [-0.25, -0.2) is 0 Å². The zero-order valence-electron chi connectivity index (χ0n) is 7.02. The zero-order valence-corrected chi connectivity index (χ0v) is 7.02. The van der Waals surface area contributed by atoms with E-state index in [2.05, 4.69) is 26.8 Å². The molecule has 0 aromatic carbocycles. The quantitative estimate of drug-likeness (QED) is 0.405. The summed E-state index contributed by atoms with van der Waals surface area (Å²) in [5, 5.41) is 0. The molecule has 0 fully saturated rings. The number of hydrogen-bond acceptors (Lipinski definition) is 0. The molecule has 0 rings (SSSR count). The van der Waals surface area contributed by atoms with E-state index in [4.69, 9.17) is 7.74 Å². The molecule has 0 spiro atoms. The summed E-state index contributed by atoms with van der Waals surface area (Å²) >= 11 is 0. The molecule has 0 saturated heterocycles. The van der Waals surface area contributed by atoms with Crippen molar-refractivity contribution < 1.29 is 0 Å². The zero-order chi connectivity index (χ0) is 7.98. The van der Waals surface area contributed by atoms with Gasteiger partial charge in [0.25, 0.3) is 0 Å². The van der Waals surface area contributed by atoms with Crippen LogP contribution in [0.5, 0.6) is 0 Å². The molecule has 0 atom stereocenters. The molecule has 0 aliphatic heterocycles. The van der Waals surface area contributed by atoms with Gasteiger partial charge in [-0.3, -0.25) is 0 Å². The second kappa shape index (κ2) is 5.40. The van der Waals surface area contributed by atoms with E-state index >= 15 is 0 Å². The van der Waals surface area contributed by atoms with Crippen molar-refractivity contribution in [1.29, 1.82) is 0 Å². The van der Waals surface area contributed by atoms with Gasteiger partial charge in [-0.15, -0.1) is 5.98 Å². The summed E-state index contributed by atoms with van der Waals surface area (Å²) in [7, 11) is 6.81. The Morgan fingerprint density at radius 3 is 2.40 bits per heavy atom. The highest BCUT2D eigenvalue weighted by atomic mass is 13.9. The topological polar surface area (TPSA) is 0 Å². The molecule has 2 heteroatoms. The Kier molecular flexibility index (Phi) is 5.19. The molecule has 10 heavy (non-hydrogen) atoms. The summed E-state index contributed by atoms with van der Waals surface area (Å²) in [6.45, 7) is 6.28. The normalized spacial score (nSPS) is 13.5. The molecule has 0 aliphatic rings. The smallest absolute Gasteiger partial charge is 0.0859 e. The van der Waals surface area contributed by atoms with E-state index in [0.717, 1.165) is 6.42 Å². The molecule has 0 unspecified atom stereocenters.